The molecule has 2 saturated carbocycles. The van der Waals surface area contributed by atoms with Gasteiger partial charge >= 0.3 is 0 Å². The largest absolute Gasteiger partial charge is 0.347 e. The zero-order valence-electron chi connectivity index (χ0n) is 12.4. The van der Waals surface area contributed by atoms with Gasteiger partial charge in [0.25, 0.3) is 5.91 Å². The molecule has 0 spiro atoms. The van der Waals surface area contributed by atoms with Crippen LogP contribution in [0.5, 0.6) is 0 Å². The predicted molar refractivity (Wildman–Crippen MR) is 84.3 cm³/mol. The third-order valence-corrected chi connectivity index (χ3v) is 4.10. The van der Waals surface area contributed by atoms with Crippen molar-refractivity contribution >= 4 is 35.1 Å². The Morgan fingerprint density at radius 2 is 1.50 bits per heavy atom. The lowest BCUT2D eigenvalue weighted by Gasteiger charge is -2.20. The first kappa shape index (κ1) is 16.7. The zero-order chi connectivity index (χ0) is 15.9. The van der Waals surface area contributed by atoms with Gasteiger partial charge in [-0.1, -0.05) is 19.3 Å². The van der Waals surface area contributed by atoms with Crippen LogP contribution in [0, 0.1) is 11.8 Å². The highest BCUT2D eigenvalue weighted by Gasteiger charge is 2.30. The van der Waals surface area contributed by atoms with Gasteiger partial charge in [0.15, 0.2) is 5.11 Å². The molecule has 2 fully saturated rings. The SMILES string of the molecule is O=C(CNC(=O)C1CCCCC1)NNC(=S)NC(=O)C1CC1. The molecule has 0 bridgehead atoms. The molecule has 122 valence electrons. The summed E-state index contributed by atoms with van der Waals surface area (Å²) >= 11 is 4.89. The highest BCUT2D eigenvalue weighted by Crippen LogP contribution is 2.28. The van der Waals surface area contributed by atoms with E-state index in [0.29, 0.717) is 0 Å². The molecule has 3 amide bonds. The van der Waals surface area contributed by atoms with Crippen molar-refractivity contribution in [3.8, 4) is 0 Å². The van der Waals surface area contributed by atoms with Gasteiger partial charge in [0.2, 0.25) is 11.8 Å². The van der Waals surface area contributed by atoms with Gasteiger partial charge in [-0.3, -0.25) is 25.2 Å². The average molecular weight is 326 g/mol. The minimum atomic E-state index is -0.410. The summed E-state index contributed by atoms with van der Waals surface area (Å²) in [5, 5.41) is 5.18. The summed E-state index contributed by atoms with van der Waals surface area (Å²) in [5.41, 5.74) is 4.79. The van der Waals surface area contributed by atoms with Gasteiger partial charge in [-0.15, -0.1) is 0 Å². The number of carbonyl (C=O) groups excluding carboxylic acids is 3. The Balaban J connectivity index is 1.57. The van der Waals surface area contributed by atoms with Crippen molar-refractivity contribution in [3.05, 3.63) is 0 Å². The number of hydrogen-bond donors (Lipinski definition) is 4. The standard InChI is InChI=1S/C14H22N4O3S/c19-11(8-15-12(20)9-4-2-1-3-5-9)17-18-14(22)16-13(21)10-6-7-10/h9-10H,1-8H2,(H,15,20)(H,17,19)(H2,16,18,21,22). The minimum absolute atomic E-state index is 0.0217. The van der Waals surface area contributed by atoms with Gasteiger partial charge in [0.1, 0.15) is 0 Å². The number of nitrogens with one attached hydrogen (secondary N) is 4. The Hall–Kier alpha value is -1.70. The highest BCUT2D eigenvalue weighted by atomic mass is 32.1. The fourth-order valence-electron chi connectivity index (χ4n) is 2.44. The number of amides is 3. The molecule has 0 aliphatic heterocycles. The van der Waals surface area contributed by atoms with Gasteiger partial charge in [-0.2, -0.15) is 0 Å². The van der Waals surface area contributed by atoms with E-state index in [2.05, 4.69) is 21.5 Å². The first-order chi connectivity index (χ1) is 10.6. The van der Waals surface area contributed by atoms with Crippen molar-refractivity contribution in [2.24, 2.45) is 11.8 Å². The second kappa shape index (κ2) is 8.07. The van der Waals surface area contributed by atoms with Crippen LogP contribution < -0.4 is 21.5 Å². The van der Waals surface area contributed by atoms with Crippen LogP contribution in [0.2, 0.25) is 0 Å². The molecule has 0 radical (unpaired) electrons. The molecule has 2 aliphatic rings. The molecule has 2 aliphatic carbocycles. The smallest absolute Gasteiger partial charge is 0.257 e. The zero-order valence-corrected chi connectivity index (χ0v) is 13.3. The summed E-state index contributed by atoms with van der Waals surface area (Å²) < 4.78 is 0. The molecule has 2 rings (SSSR count). The molecule has 4 N–H and O–H groups in total. The van der Waals surface area contributed by atoms with Crippen molar-refractivity contribution in [1.82, 2.24) is 21.5 Å². The fourth-order valence-corrected chi connectivity index (χ4v) is 2.59. The van der Waals surface area contributed by atoms with Crippen LogP contribution >= 0.6 is 12.2 Å². The summed E-state index contributed by atoms with van der Waals surface area (Å²) in [6.45, 7) is -0.110. The van der Waals surface area contributed by atoms with Crippen LogP contribution in [-0.2, 0) is 14.4 Å². The van der Waals surface area contributed by atoms with E-state index in [1.807, 2.05) is 0 Å². The van der Waals surface area contributed by atoms with Crippen molar-refractivity contribution in [2.75, 3.05) is 6.54 Å². The van der Waals surface area contributed by atoms with Crippen LogP contribution in [0.15, 0.2) is 0 Å². The molecule has 0 saturated heterocycles. The lowest BCUT2D eigenvalue weighted by molar-refractivity contribution is -0.129. The third-order valence-electron chi connectivity index (χ3n) is 3.90. The monoisotopic (exact) mass is 326 g/mol. The second-order valence-corrected chi connectivity index (χ2v) is 6.23. The van der Waals surface area contributed by atoms with Crippen LogP contribution in [0.4, 0.5) is 0 Å². The lowest BCUT2D eigenvalue weighted by Crippen LogP contribution is -2.51. The van der Waals surface area contributed by atoms with Crippen molar-refractivity contribution in [2.45, 2.75) is 44.9 Å². The summed E-state index contributed by atoms with van der Waals surface area (Å²) in [4.78, 5) is 34.9. The van der Waals surface area contributed by atoms with E-state index < -0.39 is 5.91 Å². The van der Waals surface area contributed by atoms with E-state index in [0.717, 1.165) is 38.5 Å². The molecule has 8 heteroatoms. The maximum absolute atomic E-state index is 11.9. The Morgan fingerprint density at radius 1 is 0.864 bits per heavy atom. The molecule has 7 nitrogen and oxygen atoms in total. The number of rotatable bonds is 4. The summed E-state index contributed by atoms with van der Waals surface area (Å²) in [5.74, 6) is -0.539. The average Bonchev–Trinajstić information content (AvgIpc) is 3.36. The number of hydrazine groups is 1. The molecule has 0 aromatic carbocycles. The Kier molecular flexibility index (Phi) is 6.11. The van der Waals surface area contributed by atoms with Crippen LogP contribution in [0.1, 0.15) is 44.9 Å². The molecular weight excluding hydrogens is 304 g/mol. The predicted octanol–water partition coefficient (Wildman–Crippen LogP) is 0.115. The maximum Gasteiger partial charge on any atom is 0.257 e. The minimum Gasteiger partial charge on any atom is -0.347 e. The Morgan fingerprint density at radius 3 is 2.14 bits per heavy atom. The lowest BCUT2D eigenvalue weighted by atomic mass is 9.89. The van der Waals surface area contributed by atoms with E-state index >= 15 is 0 Å². The van der Waals surface area contributed by atoms with Crippen molar-refractivity contribution in [3.63, 3.8) is 0 Å². The van der Waals surface area contributed by atoms with E-state index in [4.69, 9.17) is 12.2 Å². The van der Waals surface area contributed by atoms with E-state index in [1.165, 1.54) is 6.42 Å². The highest BCUT2D eigenvalue weighted by molar-refractivity contribution is 7.80. The quantitative estimate of drug-likeness (QED) is 0.434. The first-order valence-electron chi connectivity index (χ1n) is 7.73. The van der Waals surface area contributed by atoms with Crippen LogP contribution in [0.25, 0.3) is 0 Å². The van der Waals surface area contributed by atoms with Gasteiger partial charge in [0.05, 0.1) is 6.54 Å². The Bertz CT molecular complexity index is 459. The van der Waals surface area contributed by atoms with E-state index in [-0.39, 0.29) is 35.3 Å². The molecular formula is C14H22N4O3S. The third kappa shape index (κ3) is 5.59. The van der Waals surface area contributed by atoms with Crippen LogP contribution in [-0.4, -0.2) is 29.4 Å². The number of carbonyl (C=O) groups is 3. The van der Waals surface area contributed by atoms with Crippen molar-refractivity contribution < 1.29 is 14.4 Å². The first-order valence-corrected chi connectivity index (χ1v) is 8.14. The second-order valence-electron chi connectivity index (χ2n) is 5.82. The summed E-state index contributed by atoms with van der Waals surface area (Å²) in [7, 11) is 0. The van der Waals surface area contributed by atoms with Gasteiger partial charge < -0.3 is 10.6 Å². The number of thiocarbonyl (C=S) groups is 1. The molecule has 0 atom stereocenters. The van der Waals surface area contributed by atoms with E-state index in [1.54, 1.807) is 0 Å². The van der Waals surface area contributed by atoms with Gasteiger partial charge in [-0.05, 0) is 37.9 Å². The number of hydrogen-bond acceptors (Lipinski definition) is 4. The molecule has 0 unspecified atom stereocenters. The van der Waals surface area contributed by atoms with Crippen molar-refractivity contribution in [1.29, 1.82) is 0 Å². The molecule has 0 aromatic heterocycles. The molecule has 22 heavy (non-hydrogen) atoms. The van der Waals surface area contributed by atoms with E-state index in [9.17, 15) is 14.4 Å². The normalized spacial score (nSPS) is 18.2. The maximum atomic E-state index is 11.9. The summed E-state index contributed by atoms with van der Waals surface area (Å²) in [6, 6.07) is 0. The summed E-state index contributed by atoms with van der Waals surface area (Å²) in [6.07, 6.45) is 6.87. The van der Waals surface area contributed by atoms with Gasteiger partial charge in [0, 0.05) is 11.8 Å². The fraction of sp³-hybridized carbons (Fsp3) is 0.714. The Labute approximate surface area is 134 Å². The topological polar surface area (TPSA) is 99.3 Å². The molecule has 0 heterocycles. The molecule has 0 aromatic rings. The van der Waals surface area contributed by atoms with Gasteiger partial charge in [-0.25, -0.2) is 0 Å². The van der Waals surface area contributed by atoms with Crippen LogP contribution in [0.3, 0.4) is 0 Å².